The normalized spacial score (nSPS) is 21.4. The average molecular weight is 476 g/mol. The number of rotatable bonds is 6. The number of carbonyl (C=O) groups excluding carboxylic acids is 1. The van der Waals surface area contributed by atoms with Crippen LogP contribution < -0.4 is 10.2 Å². The molecule has 2 fully saturated rings. The Hall–Kier alpha value is -3.12. The van der Waals surface area contributed by atoms with Crippen molar-refractivity contribution < 1.29 is 23.4 Å². The smallest absolute Gasteiger partial charge is 0.284 e. The fraction of sp³-hybridized carbons (Fsp3) is 0.545. The molecule has 2 aliphatic rings. The van der Waals surface area contributed by atoms with Crippen LogP contribution in [0.4, 0.5) is 20.3 Å². The van der Waals surface area contributed by atoms with E-state index in [2.05, 4.69) is 25.4 Å². The summed E-state index contributed by atoms with van der Waals surface area (Å²) in [6, 6.07) is 1.78. The molecule has 182 valence electrons. The zero-order valence-corrected chi connectivity index (χ0v) is 18.6. The number of hydrogen-bond donors (Lipinski definition) is 2. The number of fused-ring (bicyclic) bond motifs is 1. The summed E-state index contributed by atoms with van der Waals surface area (Å²) >= 11 is 0. The third-order valence-corrected chi connectivity index (χ3v) is 6.60. The van der Waals surface area contributed by atoms with Gasteiger partial charge in [0.05, 0.1) is 31.1 Å². The number of hydrogen-bond acceptors (Lipinski definition) is 7. The second-order valence-corrected chi connectivity index (χ2v) is 8.73. The van der Waals surface area contributed by atoms with Crippen molar-refractivity contribution in [2.24, 2.45) is 5.92 Å². The van der Waals surface area contributed by atoms with E-state index in [9.17, 15) is 18.7 Å². The van der Waals surface area contributed by atoms with Crippen LogP contribution in [-0.2, 0) is 4.74 Å². The summed E-state index contributed by atoms with van der Waals surface area (Å²) in [6.07, 6.45) is 4.84. The zero-order valence-electron chi connectivity index (χ0n) is 18.6. The Kier molecular flexibility index (Phi) is 6.42. The van der Waals surface area contributed by atoms with Gasteiger partial charge in [-0.15, -0.1) is 0 Å². The van der Waals surface area contributed by atoms with Crippen LogP contribution in [0.25, 0.3) is 5.65 Å². The van der Waals surface area contributed by atoms with Gasteiger partial charge in [0.15, 0.2) is 11.3 Å². The number of aliphatic hydroxyl groups is 1. The Bertz CT molecular complexity index is 1150. The zero-order chi connectivity index (χ0) is 23.7. The highest BCUT2D eigenvalue weighted by atomic mass is 19.3. The summed E-state index contributed by atoms with van der Waals surface area (Å²) in [5, 5.41) is 20.2. The number of morpholine rings is 1. The first-order valence-electron chi connectivity index (χ1n) is 11.5. The summed E-state index contributed by atoms with van der Waals surface area (Å²) in [5.74, 6) is 0.364. The molecule has 3 aromatic rings. The van der Waals surface area contributed by atoms with Crippen molar-refractivity contribution in [2.45, 2.75) is 38.2 Å². The number of aliphatic hydroxyl groups excluding tert-OH is 1. The quantitative estimate of drug-likeness (QED) is 0.564. The van der Waals surface area contributed by atoms with Gasteiger partial charge >= 0.3 is 0 Å². The molecule has 5 rings (SSSR count). The molecule has 1 aliphatic carbocycles. The van der Waals surface area contributed by atoms with Gasteiger partial charge in [0.25, 0.3) is 12.3 Å². The summed E-state index contributed by atoms with van der Waals surface area (Å²) in [4.78, 5) is 19.7. The van der Waals surface area contributed by atoms with Gasteiger partial charge in [0.2, 0.25) is 0 Å². The van der Waals surface area contributed by atoms with E-state index in [1.807, 2.05) is 6.07 Å². The van der Waals surface area contributed by atoms with Gasteiger partial charge in [-0.2, -0.15) is 10.2 Å². The largest absolute Gasteiger partial charge is 0.396 e. The van der Waals surface area contributed by atoms with E-state index in [1.165, 1.54) is 21.6 Å². The van der Waals surface area contributed by atoms with Crippen molar-refractivity contribution in [1.82, 2.24) is 24.4 Å². The molecule has 34 heavy (non-hydrogen) atoms. The molecule has 3 aromatic heterocycles. The third-order valence-electron chi connectivity index (χ3n) is 6.60. The molecule has 0 radical (unpaired) electrons. The number of nitrogens with one attached hydrogen (secondary N) is 1. The number of halogens is 2. The molecular formula is C22H27F2N7O3. The van der Waals surface area contributed by atoms with Gasteiger partial charge in [-0.1, -0.05) is 0 Å². The molecule has 0 atom stereocenters. The molecular weight excluding hydrogens is 448 g/mol. The van der Waals surface area contributed by atoms with Crippen molar-refractivity contribution in [1.29, 1.82) is 0 Å². The fourth-order valence-corrected chi connectivity index (χ4v) is 4.62. The number of carbonyl (C=O) groups is 1. The van der Waals surface area contributed by atoms with Crippen LogP contribution in [0.15, 0.2) is 24.7 Å². The standard InChI is InChI=1S/C22H27F2N7O3/c23-20(24)19-17(12-31(28-19)15-3-1-14(13-32)2-4-15)26-22(33)16-11-25-30-6-5-18(27-21(16)30)29-7-9-34-10-8-29/h5-6,11-12,14-15,20,32H,1-4,7-10,13H2,(H,26,33)/t14-,15-. The highest BCUT2D eigenvalue weighted by Crippen LogP contribution is 2.34. The van der Waals surface area contributed by atoms with Crippen LogP contribution in [0.2, 0.25) is 0 Å². The Morgan fingerprint density at radius 2 is 2.00 bits per heavy atom. The summed E-state index contributed by atoms with van der Waals surface area (Å²) < 4.78 is 35.8. The minimum absolute atomic E-state index is 0.0204. The van der Waals surface area contributed by atoms with Gasteiger partial charge in [0, 0.05) is 32.1 Å². The summed E-state index contributed by atoms with van der Waals surface area (Å²) in [5.41, 5.74) is 0.0466. The lowest BCUT2D eigenvalue weighted by Gasteiger charge is -2.27. The molecule has 4 heterocycles. The van der Waals surface area contributed by atoms with Crippen LogP contribution in [0.5, 0.6) is 0 Å². The minimum Gasteiger partial charge on any atom is -0.396 e. The molecule has 0 spiro atoms. The number of alkyl halides is 2. The maximum atomic E-state index is 13.7. The van der Waals surface area contributed by atoms with E-state index in [4.69, 9.17) is 4.74 Å². The number of amides is 1. The van der Waals surface area contributed by atoms with Crippen LogP contribution in [-0.4, -0.2) is 68.3 Å². The van der Waals surface area contributed by atoms with Crippen LogP contribution in [0, 0.1) is 5.92 Å². The van der Waals surface area contributed by atoms with Crippen molar-refractivity contribution in [3.63, 3.8) is 0 Å². The molecule has 1 aliphatic heterocycles. The molecule has 10 nitrogen and oxygen atoms in total. The van der Waals surface area contributed by atoms with Crippen LogP contribution in [0.3, 0.4) is 0 Å². The van der Waals surface area contributed by atoms with E-state index in [1.54, 1.807) is 6.20 Å². The molecule has 1 amide bonds. The van der Waals surface area contributed by atoms with E-state index < -0.39 is 18.0 Å². The first kappa shape index (κ1) is 22.7. The first-order chi connectivity index (χ1) is 16.5. The lowest BCUT2D eigenvalue weighted by molar-refractivity contribution is 0.102. The number of anilines is 2. The van der Waals surface area contributed by atoms with Crippen LogP contribution >= 0.6 is 0 Å². The van der Waals surface area contributed by atoms with E-state index in [0.717, 1.165) is 25.7 Å². The fourth-order valence-electron chi connectivity index (χ4n) is 4.62. The topological polar surface area (TPSA) is 110 Å². The van der Waals surface area contributed by atoms with E-state index in [0.29, 0.717) is 37.8 Å². The Morgan fingerprint density at radius 3 is 2.71 bits per heavy atom. The maximum absolute atomic E-state index is 13.7. The number of ether oxygens (including phenoxy) is 1. The number of aromatic nitrogens is 5. The van der Waals surface area contributed by atoms with Crippen molar-refractivity contribution >= 4 is 23.1 Å². The van der Waals surface area contributed by atoms with E-state index >= 15 is 0 Å². The molecule has 1 saturated heterocycles. The SMILES string of the molecule is O=C(Nc1cn([C@H]2CC[C@H](CO)CC2)nc1C(F)F)c1cnn2ccc(N3CCOCC3)nc12. The molecule has 0 bridgehead atoms. The van der Waals surface area contributed by atoms with Gasteiger partial charge in [-0.25, -0.2) is 18.3 Å². The third kappa shape index (κ3) is 4.47. The van der Waals surface area contributed by atoms with Crippen molar-refractivity contribution in [2.75, 3.05) is 43.1 Å². The summed E-state index contributed by atoms with van der Waals surface area (Å²) in [7, 11) is 0. The summed E-state index contributed by atoms with van der Waals surface area (Å²) in [6.45, 7) is 2.71. The lowest BCUT2D eigenvalue weighted by Crippen LogP contribution is -2.36. The lowest BCUT2D eigenvalue weighted by atomic mass is 9.87. The molecule has 0 unspecified atom stereocenters. The Balaban J connectivity index is 1.38. The first-order valence-corrected chi connectivity index (χ1v) is 11.5. The molecule has 12 heteroatoms. The van der Waals surface area contributed by atoms with E-state index in [-0.39, 0.29) is 29.8 Å². The predicted octanol–water partition coefficient (Wildman–Crippen LogP) is 2.68. The average Bonchev–Trinajstić information content (AvgIpc) is 3.49. The second kappa shape index (κ2) is 9.63. The predicted molar refractivity (Wildman–Crippen MR) is 119 cm³/mol. The molecule has 1 saturated carbocycles. The second-order valence-electron chi connectivity index (χ2n) is 8.73. The van der Waals surface area contributed by atoms with Gasteiger partial charge in [-0.05, 0) is 37.7 Å². The molecule has 2 N–H and O–H groups in total. The minimum atomic E-state index is -2.83. The van der Waals surface area contributed by atoms with Crippen molar-refractivity contribution in [3.8, 4) is 0 Å². The van der Waals surface area contributed by atoms with Gasteiger partial charge in [0.1, 0.15) is 11.4 Å². The van der Waals surface area contributed by atoms with Crippen LogP contribution in [0.1, 0.15) is 54.2 Å². The highest BCUT2D eigenvalue weighted by molar-refractivity contribution is 6.08. The maximum Gasteiger partial charge on any atom is 0.284 e. The monoisotopic (exact) mass is 475 g/mol. The highest BCUT2D eigenvalue weighted by Gasteiger charge is 2.27. The Morgan fingerprint density at radius 1 is 1.24 bits per heavy atom. The molecule has 0 aromatic carbocycles. The Labute approximate surface area is 194 Å². The number of nitrogens with zero attached hydrogens (tertiary/aromatic N) is 6. The van der Waals surface area contributed by atoms with Gasteiger partial charge in [-0.3, -0.25) is 9.48 Å². The van der Waals surface area contributed by atoms with Gasteiger partial charge < -0.3 is 20.1 Å². The van der Waals surface area contributed by atoms with Crippen molar-refractivity contribution in [3.05, 3.63) is 35.9 Å².